The maximum atomic E-state index is 10.5. The van der Waals surface area contributed by atoms with Crippen LogP contribution in [0.1, 0.15) is 106 Å². The molecule has 0 saturated heterocycles. The molecule has 0 heterocycles. The summed E-state index contributed by atoms with van der Waals surface area (Å²) in [5, 5.41) is 20.5. The summed E-state index contributed by atoms with van der Waals surface area (Å²) in [7, 11) is 0. The van der Waals surface area contributed by atoms with E-state index in [1.54, 1.807) is 0 Å². The van der Waals surface area contributed by atoms with Gasteiger partial charge in [-0.2, -0.15) is 0 Å². The van der Waals surface area contributed by atoms with E-state index in [0.29, 0.717) is 5.92 Å². The normalized spacial score (nSPS) is 20.2. The maximum absolute atomic E-state index is 10.5. The van der Waals surface area contributed by atoms with Crippen molar-refractivity contribution in [2.24, 2.45) is 11.8 Å². The summed E-state index contributed by atoms with van der Waals surface area (Å²) in [6.45, 7) is 12.8. The topological polar surface area (TPSA) is 40.5 Å². The van der Waals surface area contributed by atoms with Gasteiger partial charge in [0.2, 0.25) is 0 Å². The van der Waals surface area contributed by atoms with E-state index in [-0.39, 0.29) is 0 Å². The molecule has 0 aliphatic heterocycles. The van der Waals surface area contributed by atoms with Crippen LogP contribution in [0, 0.1) is 11.8 Å². The first-order valence-corrected chi connectivity index (χ1v) is 9.56. The van der Waals surface area contributed by atoms with E-state index in [1.165, 1.54) is 25.7 Å². The highest BCUT2D eigenvalue weighted by molar-refractivity contribution is 4.77. The molecule has 0 aliphatic rings. The van der Waals surface area contributed by atoms with Crippen molar-refractivity contribution < 1.29 is 10.2 Å². The Bertz CT molecular complexity index is 271. The highest BCUT2D eigenvalue weighted by atomic mass is 16.3. The zero-order valence-corrected chi connectivity index (χ0v) is 16.1. The van der Waals surface area contributed by atoms with Crippen LogP contribution in [0.5, 0.6) is 0 Å². The molecule has 0 aliphatic carbocycles. The Morgan fingerprint density at radius 1 is 0.727 bits per heavy atom. The molecule has 22 heavy (non-hydrogen) atoms. The van der Waals surface area contributed by atoms with Crippen molar-refractivity contribution >= 4 is 0 Å². The van der Waals surface area contributed by atoms with Crippen molar-refractivity contribution in [2.45, 2.75) is 117 Å². The molecule has 0 aromatic carbocycles. The van der Waals surface area contributed by atoms with E-state index in [0.717, 1.165) is 44.4 Å². The minimum atomic E-state index is -0.576. The van der Waals surface area contributed by atoms with Crippen molar-refractivity contribution in [2.75, 3.05) is 0 Å². The molecule has 0 rings (SSSR count). The average molecular weight is 315 g/mol. The highest BCUT2D eigenvalue weighted by Gasteiger charge is 2.24. The molecule has 2 N–H and O–H groups in total. The van der Waals surface area contributed by atoms with Crippen LogP contribution < -0.4 is 0 Å². The molecule has 0 saturated carbocycles. The fourth-order valence-corrected chi connectivity index (χ4v) is 3.06. The fourth-order valence-electron chi connectivity index (χ4n) is 3.06. The van der Waals surface area contributed by atoms with E-state index < -0.39 is 11.2 Å². The van der Waals surface area contributed by atoms with Gasteiger partial charge in [-0.3, -0.25) is 0 Å². The predicted molar refractivity (Wildman–Crippen MR) is 97.1 cm³/mol. The van der Waals surface area contributed by atoms with Crippen LogP contribution in [0.2, 0.25) is 0 Å². The van der Waals surface area contributed by atoms with Gasteiger partial charge in [0.1, 0.15) is 0 Å². The quantitative estimate of drug-likeness (QED) is 0.457. The van der Waals surface area contributed by atoms with Crippen molar-refractivity contribution in [3.05, 3.63) is 0 Å². The minimum Gasteiger partial charge on any atom is -0.390 e. The van der Waals surface area contributed by atoms with Gasteiger partial charge in [0.05, 0.1) is 11.2 Å². The standard InChI is InChI=1S/C20H42O2/c1-7-10-17(3)11-12-18(4)13-16-20(6,22)15-9-14-19(5,21)8-2/h17-18,21-22H,7-16H2,1-6H3/t17-,18+,19?,20?/m1/s1. The van der Waals surface area contributed by atoms with E-state index in [2.05, 4.69) is 20.8 Å². The van der Waals surface area contributed by atoms with Crippen molar-refractivity contribution in [3.8, 4) is 0 Å². The van der Waals surface area contributed by atoms with Crippen LogP contribution in [0.4, 0.5) is 0 Å². The van der Waals surface area contributed by atoms with E-state index in [4.69, 9.17) is 0 Å². The monoisotopic (exact) mass is 314 g/mol. The highest BCUT2D eigenvalue weighted by Crippen LogP contribution is 2.27. The first-order valence-electron chi connectivity index (χ1n) is 9.56. The summed E-state index contributed by atoms with van der Waals surface area (Å²) < 4.78 is 0. The Labute approximate surface area is 139 Å². The molecule has 2 unspecified atom stereocenters. The molecular formula is C20H42O2. The third kappa shape index (κ3) is 11.5. The predicted octanol–water partition coefficient (Wildman–Crippen LogP) is 5.70. The number of hydrogen-bond donors (Lipinski definition) is 2. The maximum Gasteiger partial charge on any atom is 0.0619 e. The van der Waals surface area contributed by atoms with Gasteiger partial charge in [-0.25, -0.2) is 0 Å². The first kappa shape index (κ1) is 21.9. The molecule has 0 aromatic rings. The van der Waals surface area contributed by atoms with Crippen LogP contribution in [0.25, 0.3) is 0 Å². The van der Waals surface area contributed by atoms with Gasteiger partial charge < -0.3 is 10.2 Å². The Balaban J connectivity index is 3.90. The second-order valence-corrected chi connectivity index (χ2v) is 8.32. The van der Waals surface area contributed by atoms with Crippen LogP contribution in [-0.4, -0.2) is 21.4 Å². The van der Waals surface area contributed by atoms with Crippen LogP contribution in [0.3, 0.4) is 0 Å². The minimum absolute atomic E-state index is 0.571. The lowest BCUT2D eigenvalue weighted by molar-refractivity contribution is 0.0124. The van der Waals surface area contributed by atoms with Gasteiger partial charge in [-0.1, -0.05) is 53.4 Å². The Kier molecular flexibility index (Phi) is 10.6. The van der Waals surface area contributed by atoms with Gasteiger partial charge in [0.25, 0.3) is 0 Å². The van der Waals surface area contributed by atoms with Crippen LogP contribution in [0.15, 0.2) is 0 Å². The Morgan fingerprint density at radius 2 is 1.23 bits per heavy atom. The first-order chi connectivity index (χ1) is 10.1. The molecule has 0 amide bonds. The number of hydrogen-bond acceptors (Lipinski definition) is 2. The largest absolute Gasteiger partial charge is 0.390 e. The van der Waals surface area contributed by atoms with Crippen molar-refractivity contribution in [3.63, 3.8) is 0 Å². The van der Waals surface area contributed by atoms with Crippen molar-refractivity contribution in [1.29, 1.82) is 0 Å². The summed E-state index contributed by atoms with van der Waals surface area (Å²) in [4.78, 5) is 0. The molecule has 0 spiro atoms. The van der Waals surface area contributed by atoms with Gasteiger partial charge >= 0.3 is 0 Å². The zero-order valence-electron chi connectivity index (χ0n) is 16.1. The number of rotatable bonds is 13. The smallest absolute Gasteiger partial charge is 0.0619 e. The van der Waals surface area contributed by atoms with Gasteiger partial charge in [-0.15, -0.1) is 0 Å². The van der Waals surface area contributed by atoms with E-state index >= 15 is 0 Å². The lowest BCUT2D eigenvalue weighted by Gasteiger charge is -2.27. The summed E-state index contributed by atoms with van der Waals surface area (Å²) >= 11 is 0. The molecule has 4 atom stereocenters. The van der Waals surface area contributed by atoms with Gasteiger partial charge in [0, 0.05) is 0 Å². The van der Waals surface area contributed by atoms with Crippen LogP contribution in [-0.2, 0) is 0 Å². The lowest BCUT2D eigenvalue weighted by atomic mass is 9.85. The van der Waals surface area contributed by atoms with Gasteiger partial charge in [0.15, 0.2) is 0 Å². The van der Waals surface area contributed by atoms with E-state index in [1.807, 2.05) is 20.8 Å². The van der Waals surface area contributed by atoms with Gasteiger partial charge in [-0.05, 0) is 64.2 Å². The summed E-state index contributed by atoms with van der Waals surface area (Å²) in [5.74, 6) is 1.54. The lowest BCUT2D eigenvalue weighted by Crippen LogP contribution is -2.27. The summed E-state index contributed by atoms with van der Waals surface area (Å²) in [5.41, 5.74) is -1.15. The SMILES string of the molecule is CCC[C@@H](C)CC[C@H](C)CCC(C)(O)CCCC(C)(O)CC. The number of aliphatic hydroxyl groups is 2. The summed E-state index contributed by atoms with van der Waals surface area (Å²) in [6.07, 6.45) is 10.5. The molecule has 0 bridgehead atoms. The molecule has 2 nitrogen and oxygen atoms in total. The fraction of sp³-hybridized carbons (Fsp3) is 1.00. The Hall–Kier alpha value is -0.0800. The molecular weight excluding hydrogens is 272 g/mol. The second-order valence-electron chi connectivity index (χ2n) is 8.32. The van der Waals surface area contributed by atoms with Crippen molar-refractivity contribution in [1.82, 2.24) is 0 Å². The molecule has 0 fully saturated rings. The third-order valence-electron chi connectivity index (χ3n) is 5.30. The molecule has 2 heteroatoms. The average Bonchev–Trinajstić information content (AvgIpc) is 2.43. The molecule has 134 valence electrons. The summed E-state index contributed by atoms with van der Waals surface area (Å²) in [6, 6.07) is 0. The third-order valence-corrected chi connectivity index (χ3v) is 5.30. The molecule has 0 radical (unpaired) electrons. The van der Waals surface area contributed by atoms with Crippen LogP contribution >= 0.6 is 0 Å². The Morgan fingerprint density at radius 3 is 1.73 bits per heavy atom. The second kappa shape index (κ2) is 10.6. The zero-order chi connectivity index (χ0) is 17.2. The molecule has 0 aromatic heterocycles. The van der Waals surface area contributed by atoms with E-state index in [9.17, 15) is 10.2 Å².